The Labute approximate surface area is 122 Å². The monoisotopic (exact) mass is 405 g/mol. The van der Waals surface area contributed by atoms with Gasteiger partial charge >= 0.3 is 0 Å². The van der Waals surface area contributed by atoms with Crippen molar-refractivity contribution >= 4 is 44.2 Å². The van der Waals surface area contributed by atoms with Crippen molar-refractivity contribution in [3.63, 3.8) is 0 Å². The number of halogens is 3. The van der Waals surface area contributed by atoms with Crippen molar-refractivity contribution in [3.8, 4) is 0 Å². The molecular formula is C13H10BrFIN. The van der Waals surface area contributed by atoms with Crippen molar-refractivity contribution < 1.29 is 4.39 Å². The Morgan fingerprint density at radius 3 is 2.65 bits per heavy atom. The Kier molecular flexibility index (Phi) is 4.39. The minimum Gasteiger partial charge on any atom is -0.380 e. The molecule has 0 saturated carbocycles. The van der Waals surface area contributed by atoms with Gasteiger partial charge in [-0.1, -0.05) is 28.1 Å². The molecule has 0 saturated heterocycles. The Balaban J connectivity index is 2.10. The molecule has 0 aliphatic heterocycles. The van der Waals surface area contributed by atoms with E-state index in [0.717, 1.165) is 19.3 Å². The van der Waals surface area contributed by atoms with E-state index >= 15 is 0 Å². The van der Waals surface area contributed by atoms with Gasteiger partial charge in [-0.3, -0.25) is 0 Å². The summed E-state index contributed by atoms with van der Waals surface area (Å²) in [7, 11) is 0. The van der Waals surface area contributed by atoms with Gasteiger partial charge in [0.15, 0.2) is 0 Å². The first kappa shape index (κ1) is 12.8. The lowest BCUT2D eigenvalue weighted by molar-refractivity contribution is 0.625. The van der Waals surface area contributed by atoms with E-state index in [0.29, 0.717) is 6.54 Å². The van der Waals surface area contributed by atoms with Gasteiger partial charge in [0.2, 0.25) is 0 Å². The minimum atomic E-state index is -0.223. The third kappa shape index (κ3) is 3.67. The van der Waals surface area contributed by atoms with Crippen LogP contribution in [0.4, 0.5) is 10.1 Å². The van der Waals surface area contributed by atoms with E-state index in [2.05, 4.69) is 43.8 Å². The molecule has 0 unspecified atom stereocenters. The molecule has 0 aliphatic rings. The Morgan fingerprint density at radius 2 is 1.94 bits per heavy atom. The zero-order valence-corrected chi connectivity index (χ0v) is 12.6. The zero-order valence-electron chi connectivity index (χ0n) is 8.88. The molecule has 17 heavy (non-hydrogen) atoms. The predicted octanol–water partition coefficient (Wildman–Crippen LogP) is 4.80. The van der Waals surface area contributed by atoms with Gasteiger partial charge < -0.3 is 5.32 Å². The maximum atomic E-state index is 13.2. The second-order valence-corrected chi connectivity index (χ2v) is 5.69. The zero-order chi connectivity index (χ0) is 12.3. The highest BCUT2D eigenvalue weighted by atomic mass is 127. The van der Waals surface area contributed by atoms with Crippen LogP contribution < -0.4 is 5.32 Å². The first-order chi connectivity index (χ1) is 8.15. The number of para-hydroxylation sites is 1. The van der Waals surface area contributed by atoms with Crippen LogP contribution in [0.3, 0.4) is 0 Å². The summed E-state index contributed by atoms with van der Waals surface area (Å²) in [4.78, 5) is 0. The normalized spacial score (nSPS) is 10.3. The largest absolute Gasteiger partial charge is 0.380 e. The summed E-state index contributed by atoms with van der Waals surface area (Å²) in [5, 5.41) is 3.29. The molecule has 0 bridgehead atoms. The number of anilines is 1. The van der Waals surface area contributed by atoms with Crippen LogP contribution in [-0.4, -0.2) is 0 Å². The SMILES string of the molecule is Fc1cc(Br)cc(CNc2ccccc2I)c1. The molecule has 0 fully saturated rings. The van der Waals surface area contributed by atoms with Crippen LogP contribution in [0, 0.1) is 9.39 Å². The van der Waals surface area contributed by atoms with E-state index in [1.165, 1.54) is 12.1 Å². The molecule has 88 valence electrons. The summed E-state index contributed by atoms with van der Waals surface area (Å²) in [6.07, 6.45) is 0. The Morgan fingerprint density at radius 1 is 1.18 bits per heavy atom. The summed E-state index contributed by atoms with van der Waals surface area (Å²) in [6.45, 7) is 0.608. The molecule has 0 aliphatic carbocycles. The van der Waals surface area contributed by atoms with Crippen molar-refractivity contribution in [1.29, 1.82) is 0 Å². The molecule has 4 heteroatoms. The van der Waals surface area contributed by atoms with Crippen molar-refractivity contribution in [2.45, 2.75) is 6.54 Å². The summed E-state index contributed by atoms with van der Waals surface area (Å²) in [6, 6.07) is 12.9. The smallest absolute Gasteiger partial charge is 0.124 e. The van der Waals surface area contributed by atoms with Gasteiger partial charge in [0.05, 0.1) is 0 Å². The highest BCUT2D eigenvalue weighted by Crippen LogP contribution is 2.19. The maximum Gasteiger partial charge on any atom is 0.124 e. The third-order valence-electron chi connectivity index (χ3n) is 2.28. The van der Waals surface area contributed by atoms with Crippen molar-refractivity contribution in [2.24, 2.45) is 0 Å². The van der Waals surface area contributed by atoms with E-state index in [1.54, 1.807) is 0 Å². The van der Waals surface area contributed by atoms with E-state index in [9.17, 15) is 4.39 Å². The van der Waals surface area contributed by atoms with E-state index in [4.69, 9.17) is 0 Å². The minimum absolute atomic E-state index is 0.223. The summed E-state index contributed by atoms with van der Waals surface area (Å²) >= 11 is 5.56. The average molecular weight is 406 g/mol. The van der Waals surface area contributed by atoms with Gasteiger partial charge in [0.25, 0.3) is 0 Å². The van der Waals surface area contributed by atoms with Gasteiger partial charge in [-0.2, -0.15) is 0 Å². The highest BCUT2D eigenvalue weighted by molar-refractivity contribution is 14.1. The highest BCUT2D eigenvalue weighted by Gasteiger charge is 2.01. The third-order valence-corrected chi connectivity index (χ3v) is 3.68. The van der Waals surface area contributed by atoms with E-state index in [-0.39, 0.29) is 5.82 Å². The number of hydrogen-bond donors (Lipinski definition) is 1. The molecule has 0 aromatic heterocycles. The van der Waals surface area contributed by atoms with Crippen molar-refractivity contribution in [2.75, 3.05) is 5.32 Å². The predicted molar refractivity (Wildman–Crippen MR) is 80.6 cm³/mol. The number of benzene rings is 2. The molecule has 2 aromatic rings. The van der Waals surface area contributed by atoms with E-state index < -0.39 is 0 Å². The van der Waals surface area contributed by atoms with Crippen LogP contribution in [-0.2, 0) is 6.54 Å². The second-order valence-electron chi connectivity index (χ2n) is 3.61. The summed E-state index contributed by atoms with van der Waals surface area (Å²) in [5.41, 5.74) is 1.98. The van der Waals surface area contributed by atoms with Gasteiger partial charge in [0, 0.05) is 20.3 Å². The van der Waals surface area contributed by atoms with Crippen molar-refractivity contribution in [3.05, 3.63) is 61.9 Å². The summed E-state index contributed by atoms with van der Waals surface area (Å²) in [5.74, 6) is -0.223. The average Bonchev–Trinajstić information content (AvgIpc) is 2.27. The van der Waals surface area contributed by atoms with Crippen LogP contribution in [0.15, 0.2) is 46.9 Å². The van der Waals surface area contributed by atoms with Gasteiger partial charge in [0.1, 0.15) is 5.82 Å². The lowest BCUT2D eigenvalue weighted by Crippen LogP contribution is -2.01. The molecule has 1 nitrogen and oxygen atoms in total. The quantitative estimate of drug-likeness (QED) is 0.723. The topological polar surface area (TPSA) is 12.0 Å². The second kappa shape index (κ2) is 5.82. The van der Waals surface area contributed by atoms with Crippen LogP contribution in [0.1, 0.15) is 5.56 Å². The summed E-state index contributed by atoms with van der Waals surface area (Å²) < 4.78 is 15.1. The van der Waals surface area contributed by atoms with Gasteiger partial charge in [-0.05, 0) is 58.5 Å². The van der Waals surface area contributed by atoms with Gasteiger partial charge in [-0.25, -0.2) is 4.39 Å². The van der Waals surface area contributed by atoms with Crippen LogP contribution in [0.5, 0.6) is 0 Å². The maximum absolute atomic E-state index is 13.2. The molecule has 0 radical (unpaired) electrons. The first-order valence-corrected chi connectivity index (χ1v) is 6.96. The molecular weight excluding hydrogens is 396 g/mol. The van der Waals surface area contributed by atoms with Crippen LogP contribution in [0.25, 0.3) is 0 Å². The van der Waals surface area contributed by atoms with Crippen molar-refractivity contribution in [1.82, 2.24) is 0 Å². The lowest BCUT2D eigenvalue weighted by Gasteiger charge is -2.08. The Bertz CT molecular complexity index is 510. The fourth-order valence-electron chi connectivity index (χ4n) is 1.51. The van der Waals surface area contributed by atoms with E-state index in [1.807, 2.05) is 30.3 Å². The molecule has 2 aromatic carbocycles. The number of hydrogen-bond acceptors (Lipinski definition) is 1. The fourth-order valence-corrected chi connectivity index (χ4v) is 2.61. The van der Waals surface area contributed by atoms with Crippen LogP contribution in [0.2, 0.25) is 0 Å². The number of rotatable bonds is 3. The fraction of sp³-hybridized carbons (Fsp3) is 0.0769. The molecule has 0 amide bonds. The molecule has 1 N–H and O–H groups in total. The van der Waals surface area contributed by atoms with Crippen LogP contribution >= 0.6 is 38.5 Å². The molecule has 2 rings (SSSR count). The molecule has 0 spiro atoms. The van der Waals surface area contributed by atoms with Gasteiger partial charge in [-0.15, -0.1) is 0 Å². The molecule has 0 atom stereocenters. The lowest BCUT2D eigenvalue weighted by atomic mass is 10.2. The molecule has 0 heterocycles. The Hall–Kier alpha value is -0.620. The standard InChI is InChI=1S/C13H10BrFIN/c14-10-5-9(6-11(15)7-10)8-17-13-4-2-1-3-12(13)16/h1-7,17H,8H2. The number of nitrogens with one attached hydrogen (secondary N) is 1. The first-order valence-electron chi connectivity index (χ1n) is 5.08.